The van der Waals surface area contributed by atoms with E-state index in [-0.39, 0.29) is 6.54 Å². The van der Waals surface area contributed by atoms with Crippen molar-refractivity contribution in [3.63, 3.8) is 0 Å². The number of rotatable bonds is 4. The number of nitrogen functional groups attached to an aromatic ring is 1. The van der Waals surface area contributed by atoms with E-state index in [0.717, 1.165) is 16.6 Å². The number of aryl methyl sites for hydroxylation is 1. The monoisotopic (exact) mass is 422 g/mol. The number of nitrogens with two attached hydrogens (primary N) is 1. The molecule has 1 saturated heterocycles. The Kier molecular flexibility index (Phi) is 6.67. The maximum absolute atomic E-state index is 12.2. The van der Waals surface area contributed by atoms with Crippen molar-refractivity contribution in [2.75, 3.05) is 12.3 Å². The number of benzene rings is 1. The zero-order valence-corrected chi connectivity index (χ0v) is 19.4. The first kappa shape index (κ1) is 23.6. The van der Waals surface area contributed by atoms with Crippen LogP contribution in [0.4, 0.5) is 10.5 Å². The summed E-state index contributed by atoms with van der Waals surface area (Å²) in [6.45, 7) is 15.5. The molecule has 1 amide bonds. The Labute approximate surface area is 179 Å². The van der Waals surface area contributed by atoms with E-state index in [1.165, 1.54) is 0 Å². The number of ether oxygens (including phenoxy) is 1. The Morgan fingerprint density at radius 3 is 2.28 bits per heavy atom. The van der Waals surface area contributed by atoms with Crippen LogP contribution >= 0.6 is 11.6 Å². The molecule has 1 aromatic carbocycles. The molecule has 29 heavy (non-hydrogen) atoms. The molecule has 0 radical (unpaired) electrons. The Morgan fingerprint density at radius 2 is 1.79 bits per heavy atom. The molecule has 1 fully saturated rings. The van der Waals surface area contributed by atoms with Gasteiger partial charge in [0, 0.05) is 6.54 Å². The second-order valence-corrected chi connectivity index (χ2v) is 9.80. The first-order valence-electron chi connectivity index (χ1n) is 9.70. The minimum absolute atomic E-state index is 0.201. The first-order valence-corrected chi connectivity index (χ1v) is 10.1. The number of hydrogen-bond donors (Lipinski definition) is 2. The van der Waals surface area contributed by atoms with Gasteiger partial charge < -0.3 is 25.1 Å². The van der Waals surface area contributed by atoms with Gasteiger partial charge in [0.2, 0.25) is 0 Å². The van der Waals surface area contributed by atoms with E-state index in [0.29, 0.717) is 10.7 Å². The molecule has 0 bridgehead atoms. The molecular formula is C21H32BClN2O4. The molecular weight excluding hydrogens is 391 g/mol. The number of amides is 1. The van der Waals surface area contributed by atoms with Crippen molar-refractivity contribution in [2.24, 2.45) is 0 Å². The molecule has 6 nitrogen and oxygen atoms in total. The van der Waals surface area contributed by atoms with Crippen LogP contribution in [0.5, 0.6) is 0 Å². The van der Waals surface area contributed by atoms with E-state index in [2.05, 4.69) is 5.32 Å². The van der Waals surface area contributed by atoms with Crippen LogP contribution in [0.2, 0.25) is 5.02 Å². The molecule has 0 saturated carbocycles. The van der Waals surface area contributed by atoms with Gasteiger partial charge in [0.25, 0.3) is 0 Å². The minimum atomic E-state index is -0.619. The molecule has 0 spiro atoms. The largest absolute Gasteiger partial charge is 0.492 e. The first-order chi connectivity index (χ1) is 13.1. The smallest absolute Gasteiger partial charge is 0.444 e. The van der Waals surface area contributed by atoms with Crippen LogP contribution in [-0.2, 0) is 14.0 Å². The predicted octanol–water partition coefficient (Wildman–Crippen LogP) is 4.77. The molecule has 160 valence electrons. The van der Waals surface area contributed by atoms with Crippen molar-refractivity contribution in [1.82, 2.24) is 5.32 Å². The summed E-state index contributed by atoms with van der Waals surface area (Å²) >= 11 is 6.25. The van der Waals surface area contributed by atoms with E-state index in [4.69, 9.17) is 31.4 Å². The van der Waals surface area contributed by atoms with Gasteiger partial charge in [0.1, 0.15) is 5.60 Å². The summed E-state index contributed by atoms with van der Waals surface area (Å²) in [5.74, 6) is 0. The minimum Gasteiger partial charge on any atom is -0.444 e. The maximum Gasteiger partial charge on any atom is 0.492 e. The van der Waals surface area contributed by atoms with Crippen molar-refractivity contribution in [1.29, 1.82) is 0 Å². The lowest BCUT2D eigenvalue weighted by Crippen LogP contribution is -2.41. The molecule has 1 aliphatic rings. The number of carbonyl (C=O) groups is 1. The molecule has 0 unspecified atom stereocenters. The molecule has 1 aliphatic heterocycles. The lowest BCUT2D eigenvalue weighted by Gasteiger charge is -2.32. The number of halogens is 1. The highest BCUT2D eigenvalue weighted by Crippen LogP contribution is 2.39. The average molecular weight is 423 g/mol. The molecule has 1 heterocycles. The number of carbonyl (C=O) groups excluding carboxylic acids is 1. The third-order valence-corrected chi connectivity index (χ3v) is 5.42. The summed E-state index contributed by atoms with van der Waals surface area (Å²) in [6, 6.07) is 3.71. The van der Waals surface area contributed by atoms with Gasteiger partial charge in [-0.1, -0.05) is 17.7 Å². The van der Waals surface area contributed by atoms with E-state index >= 15 is 0 Å². The van der Waals surface area contributed by atoms with Crippen LogP contribution in [0.25, 0.3) is 6.08 Å². The van der Waals surface area contributed by atoms with Crippen molar-refractivity contribution in [3.8, 4) is 0 Å². The molecule has 0 aromatic heterocycles. The average Bonchev–Trinajstić information content (AvgIpc) is 2.75. The van der Waals surface area contributed by atoms with Crippen LogP contribution in [0.3, 0.4) is 0 Å². The summed E-state index contributed by atoms with van der Waals surface area (Å²) in [5, 5.41) is 3.26. The standard InChI is InChI=1S/C21H32BClN2O4/c1-13-9-14(11-16(23)17(13)24)10-15(12-25-18(26)27-19(2,3)4)22-28-20(5,6)21(7,8)29-22/h9-11H,12,24H2,1-8H3,(H,25,26). The Bertz CT molecular complexity index is 776. The normalized spacial score (nSPS) is 18.7. The van der Waals surface area contributed by atoms with Crippen molar-refractivity contribution < 1.29 is 18.8 Å². The number of anilines is 1. The topological polar surface area (TPSA) is 82.8 Å². The van der Waals surface area contributed by atoms with Gasteiger partial charge in [-0.3, -0.25) is 0 Å². The summed E-state index contributed by atoms with van der Waals surface area (Å²) in [4.78, 5) is 12.2. The third kappa shape index (κ3) is 5.90. The third-order valence-electron chi connectivity index (χ3n) is 5.10. The van der Waals surface area contributed by atoms with Crippen LogP contribution in [-0.4, -0.2) is 36.6 Å². The maximum atomic E-state index is 12.2. The number of nitrogens with one attached hydrogen (secondary N) is 1. The number of hydrogen-bond acceptors (Lipinski definition) is 5. The van der Waals surface area contributed by atoms with Gasteiger partial charge in [0.15, 0.2) is 0 Å². The van der Waals surface area contributed by atoms with Crippen LogP contribution in [0, 0.1) is 6.92 Å². The predicted molar refractivity (Wildman–Crippen MR) is 119 cm³/mol. The summed E-state index contributed by atoms with van der Waals surface area (Å²) in [6.07, 6.45) is 1.39. The van der Waals surface area contributed by atoms with Gasteiger partial charge in [-0.2, -0.15) is 0 Å². The fraction of sp³-hybridized carbons (Fsp3) is 0.571. The second-order valence-electron chi connectivity index (χ2n) is 9.40. The van der Waals surface area contributed by atoms with Crippen LogP contribution < -0.4 is 11.1 Å². The van der Waals surface area contributed by atoms with Gasteiger partial charge in [-0.25, -0.2) is 4.79 Å². The Morgan fingerprint density at radius 1 is 1.24 bits per heavy atom. The number of alkyl carbamates (subject to hydrolysis) is 1. The zero-order valence-electron chi connectivity index (χ0n) is 18.6. The van der Waals surface area contributed by atoms with Crippen molar-refractivity contribution in [2.45, 2.75) is 72.2 Å². The summed E-state index contributed by atoms with van der Waals surface area (Å²) in [5.41, 5.74) is 7.38. The highest BCUT2D eigenvalue weighted by molar-refractivity contribution is 6.56. The van der Waals surface area contributed by atoms with Crippen LogP contribution in [0.15, 0.2) is 17.6 Å². The second kappa shape index (κ2) is 8.21. The van der Waals surface area contributed by atoms with Gasteiger partial charge >= 0.3 is 13.2 Å². The van der Waals surface area contributed by atoms with E-state index in [1.54, 1.807) is 6.07 Å². The van der Waals surface area contributed by atoms with E-state index in [1.807, 2.05) is 67.5 Å². The molecule has 0 atom stereocenters. The quantitative estimate of drug-likeness (QED) is 0.539. The fourth-order valence-corrected chi connectivity index (χ4v) is 3.04. The fourth-order valence-electron chi connectivity index (χ4n) is 2.76. The highest BCUT2D eigenvalue weighted by atomic mass is 35.5. The van der Waals surface area contributed by atoms with E-state index in [9.17, 15) is 4.79 Å². The van der Waals surface area contributed by atoms with Crippen LogP contribution in [0.1, 0.15) is 59.6 Å². The summed E-state index contributed by atoms with van der Waals surface area (Å²) in [7, 11) is -0.619. The molecule has 0 aliphatic carbocycles. The Hall–Kier alpha value is -1.70. The molecule has 8 heteroatoms. The van der Waals surface area contributed by atoms with Gasteiger partial charge in [0.05, 0.1) is 21.9 Å². The molecule has 3 N–H and O–H groups in total. The SMILES string of the molecule is Cc1cc(C=C(CNC(=O)OC(C)(C)C)B2OC(C)(C)C(C)(C)O2)cc(Cl)c1N. The van der Waals surface area contributed by atoms with Gasteiger partial charge in [-0.05, 0) is 84.1 Å². The van der Waals surface area contributed by atoms with Crippen molar-refractivity contribution in [3.05, 3.63) is 33.8 Å². The van der Waals surface area contributed by atoms with Gasteiger partial charge in [-0.15, -0.1) is 0 Å². The Balaban J connectivity index is 2.32. The van der Waals surface area contributed by atoms with E-state index < -0.39 is 30.0 Å². The van der Waals surface area contributed by atoms with Crippen molar-refractivity contribution >= 4 is 36.6 Å². The highest BCUT2D eigenvalue weighted by Gasteiger charge is 2.52. The zero-order chi connectivity index (χ0) is 22.2. The lowest BCUT2D eigenvalue weighted by atomic mass is 9.77. The molecule has 1 aromatic rings. The molecule has 2 rings (SSSR count). The summed E-state index contributed by atoms with van der Waals surface area (Å²) < 4.78 is 17.7. The lowest BCUT2D eigenvalue weighted by molar-refractivity contribution is 0.00578.